The normalized spacial score (nSPS) is 12.5. The van der Waals surface area contributed by atoms with Crippen molar-refractivity contribution in [1.29, 1.82) is 0 Å². The molecule has 1 aromatic rings. The average molecular weight is 285 g/mol. The lowest BCUT2D eigenvalue weighted by atomic mass is 9.97. The maximum atomic E-state index is 11.6. The van der Waals surface area contributed by atoms with Crippen LogP contribution in [0.5, 0.6) is 0 Å². The molecule has 0 radical (unpaired) electrons. The Balaban J connectivity index is 2.24. The summed E-state index contributed by atoms with van der Waals surface area (Å²) in [5.74, 6) is 0.238. The Labute approximate surface area is 118 Å². The molecule has 0 spiro atoms. The molecule has 0 aliphatic heterocycles. The van der Waals surface area contributed by atoms with E-state index in [9.17, 15) is 9.90 Å². The Morgan fingerprint density at radius 3 is 2.63 bits per heavy atom. The van der Waals surface area contributed by atoms with Gasteiger partial charge in [-0.2, -0.15) is 0 Å². The van der Waals surface area contributed by atoms with Crippen LogP contribution in [0.3, 0.4) is 0 Å². The number of rotatable bonds is 7. The fourth-order valence-corrected chi connectivity index (χ4v) is 2.61. The third kappa shape index (κ3) is 5.57. The van der Waals surface area contributed by atoms with E-state index < -0.39 is 6.10 Å². The summed E-state index contributed by atoms with van der Waals surface area (Å²) in [6, 6.07) is -0.266. The first-order valence-electron chi connectivity index (χ1n) is 6.67. The van der Waals surface area contributed by atoms with Gasteiger partial charge < -0.3 is 15.7 Å². The second-order valence-electron chi connectivity index (χ2n) is 4.59. The lowest BCUT2D eigenvalue weighted by Crippen LogP contribution is -2.41. The first kappa shape index (κ1) is 15.9. The zero-order valence-corrected chi connectivity index (χ0v) is 12.6. The van der Waals surface area contributed by atoms with E-state index in [1.54, 1.807) is 0 Å². The predicted molar refractivity (Wildman–Crippen MR) is 77.2 cm³/mol. The van der Waals surface area contributed by atoms with Crippen LogP contribution < -0.4 is 10.6 Å². The molecule has 1 rings (SSSR count). The molecule has 0 aromatic carbocycles. The second-order valence-corrected chi connectivity index (χ2v) is 5.53. The summed E-state index contributed by atoms with van der Waals surface area (Å²) in [5, 5.41) is 18.1. The molecule has 19 heavy (non-hydrogen) atoms. The summed E-state index contributed by atoms with van der Waals surface area (Å²) in [4.78, 5) is 15.8. The lowest BCUT2D eigenvalue weighted by molar-refractivity contribution is 0.103. The highest BCUT2D eigenvalue weighted by atomic mass is 32.1. The number of hydrogen-bond acceptors (Lipinski definition) is 4. The topological polar surface area (TPSA) is 74.2 Å². The van der Waals surface area contributed by atoms with Crippen molar-refractivity contribution in [3.63, 3.8) is 0 Å². The number of amides is 2. The molecule has 1 aromatic heterocycles. The van der Waals surface area contributed by atoms with Crippen molar-refractivity contribution in [2.75, 3.05) is 6.54 Å². The highest BCUT2D eigenvalue weighted by Gasteiger charge is 2.16. The lowest BCUT2D eigenvalue weighted by Gasteiger charge is -2.20. The van der Waals surface area contributed by atoms with E-state index in [1.807, 2.05) is 26.2 Å². The number of urea groups is 1. The van der Waals surface area contributed by atoms with Crippen LogP contribution in [0.15, 0.2) is 5.38 Å². The Hall–Kier alpha value is -1.14. The molecule has 108 valence electrons. The molecule has 6 heteroatoms. The minimum absolute atomic E-state index is 0.238. The van der Waals surface area contributed by atoms with Gasteiger partial charge in [0.1, 0.15) is 5.01 Å². The number of thiazole rings is 1. The molecule has 0 aliphatic carbocycles. The molecule has 0 unspecified atom stereocenters. The smallest absolute Gasteiger partial charge is 0.315 e. The summed E-state index contributed by atoms with van der Waals surface area (Å²) in [7, 11) is 0. The number of hydrogen-bond donors (Lipinski definition) is 3. The fourth-order valence-electron chi connectivity index (χ4n) is 1.90. The number of carbonyl (C=O) groups excluding carboxylic acids is 1. The van der Waals surface area contributed by atoms with Crippen molar-refractivity contribution in [2.24, 2.45) is 5.92 Å². The summed E-state index contributed by atoms with van der Waals surface area (Å²) in [6.45, 7) is 6.72. The number of aryl methyl sites for hydroxylation is 1. The van der Waals surface area contributed by atoms with Gasteiger partial charge in [0.05, 0.1) is 12.6 Å². The third-order valence-corrected chi connectivity index (χ3v) is 4.10. The molecule has 2 amide bonds. The van der Waals surface area contributed by atoms with Crippen LogP contribution in [0.2, 0.25) is 0 Å². The van der Waals surface area contributed by atoms with Crippen molar-refractivity contribution < 1.29 is 9.90 Å². The van der Waals surface area contributed by atoms with Gasteiger partial charge in [0.15, 0.2) is 0 Å². The number of carbonyl (C=O) groups is 1. The van der Waals surface area contributed by atoms with E-state index in [1.165, 1.54) is 11.3 Å². The van der Waals surface area contributed by atoms with Crippen molar-refractivity contribution in [3.05, 3.63) is 16.1 Å². The fraction of sp³-hybridized carbons (Fsp3) is 0.692. The number of nitrogens with zero attached hydrogens (tertiary/aromatic N) is 1. The minimum atomic E-state index is -0.483. The Morgan fingerprint density at radius 2 is 2.11 bits per heavy atom. The highest BCUT2D eigenvalue weighted by molar-refractivity contribution is 7.09. The van der Waals surface area contributed by atoms with E-state index in [0.717, 1.165) is 23.5 Å². The number of nitrogens with one attached hydrogen (secondary N) is 2. The summed E-state index contributed by atoms with van der Waals surface area (Å²) < 4.78 is 0. The van der Waals surface area contributed by atoms with Gasteiger partial charge in [0.25, 0.3) is 0 Å². The van der Waals surface area contributed by atoms with Gasteiger partial charge in [-0.3, -0.25) is 0 Å². The van der Waals surface area contributed by atoms with Gasteiger partial charge >= 0.3 is 6.03 Å². The molecule has 0 fully saturated rings. The maximum absolute atomic E-state index is 11.6. The van der Waals surface area contributed by atoms with Gasteiger partial charge in [0, 0.05) is 17.6 Å². The van der Waals surface area contributed by atoms with E-state index >= 15 is 0 Å². The van der Waals surface area contributed by atoms with E-state index in [0.29, 0.717) is 6.54 Å². The van der Waals surface area contributed by atoms with Crippen LogP contribution in [0.1, 0.15) is 37.4 Å². The summed E-state index contributed by atoms with van der Waals surface area (Å²) in [5.41, 5.74) is 0.964. The van der Waals surface area contributed by atoms with Gasteiger partial charge in [-0.1, -0.05) is 26.7 Å². The van der Waals surface area contributed by atoms with E-state index in [-0.39, 0.29) is 18.5 Å². The number of aliphatic hydroxyl groups excluding tert-OH is 1. The molecule has 0 saturated heterocycles. The summed E-state index contributed by atoms with van der Waals surface area (Å²) in [6.07, 6.45) is 1.35. The Morgan fingerprint density at radius 1 is 1.42 bits per heavy atom. The first-order valence-corrected chi connectivity index (χ1v) is 7.55. The molecular weight excluding hydrogens is 262 g/mol. The Kier molecular flexibility index (Phi) is 6.80. The molecule has 3 N–H and O–H groups in total. The van der Waals surface area contributed by atoms with Crippen LogP contribution >= 0.6 is 11.3 Å². The largest absolute Gasteiger partial charge is 0.391 e. The van der Waals surface area contributed by atoms with Crippen LogP contribution in [-0.4, -0.2) is 28.8 Å². The van der Waals surface area contributed by atoms with Gasteiger partial charge in [0.2, 0.25) is 0 Å². The van der Waals surface area contributed by atoms with Crippen LogP contribution in [0, 0.1) is 12.8 Å². The monoisotopic (exact) mass is 285 g/mol. The second kappa shape index (κ2) is 8.12. The zero-order chi connectivity index (χ0) is 14.3. The van der Waals surface area contributed by atoms with Gasteiger partial charge in [-0.15, -0.1) is 11.3 Å². The van der Waals surface area contributed by atoms with Crippen LogP contribution in [0.4, 0.5) is 4.79 Å². The van der Waals surface area contributed by atoms with Crippen LogP contribution in [-0.2, 0) is 6.54 Å². The number of aliphatic hydroxyl groups is 1. The third-order valence-electron chi connectivity index (χ3n) is 3.13. The average Bonchev–Trinajstić information content (AvgIpc) is 2.81. The van der Waals surface area contributed by atoms with Crippen molar-refractivity contribution in [3.8, 4) is 0 Å². The Bertz CT molecular complexity index is 391. The molecule has 1 heterocycles. The van der Waals surface area contributed by atoms with E-state index in [4.69, 9.17) is 0 Å². The quantitative estimate of drug-likeness (QED) is 0.718. The maximum Gasteiger partial charge on any atom is 0.315 e. The zero-order valence-electron chi connectivity index (χ0n) is 11.8. The van der Waals surface area contributed by atoms with E-state index in [2.05, 4.69) is 15.6 Å². The van der Waals surface area contributed by atoms with Crippen molar-refractivity contribution >= 4 is 17.4 Å². The summed E-state index contributed by atoms with van der Waals surface area (Å²) >= 11 is 1.53. The molecule has 0 saturated carbocycles. The van der Waals surface area contributed by atoms with Crippen LogP contribution in [0.25, 0.3) is 0 Å². The van der Waals surface area contributed by atoms with Gasteiger partial charge in [-0.25, -0.2) is 9.78 Å². The molecule has 0 aliphatic rings. The molecule has 5 nitrogen and oxygen atoms in total. The molecular formula is C13H23N3O2S. The minimum Gasteiger partial charge on any atom is -0.391 e. The molecule has 0 bridgehead atoms. The first-order chi connectivity index (χ1) is 9.06. The SMILES string of the molecule is CCC(CC)[C@@H](O)CNC(=O)NCc1nc(C)cs1. The predicted octanol–water partition coefficient (Wildman–Crippen LogP) is 2.05. The van der Waals surface area contributed by atoms with Gasteiger partial charge in [-0.05, 0) is 12.8 Å². The molecule has 1 atom stereocenters. The highest BCUT2D eigenvalue weighted by Crippen LogP contribution is 2.12. The van der Waals surface area contributed by atoms with Crippen molar-refractivity contribution in [2.45, 2.75) is 46.3 Å². The standard InChI is InChI=1S/C13H23N3O2S/c1-4-10(5-2)11(17)6-14-13(18)15-7-12-16-9(3)8-19-12/h8,10-11,17H,4-7H2,1-3H3,(H2,14,15,18)/t11-/m0/s1. The van der Waals surface area contributed by atoms with Crippen molar-refractivity contribution in [1.82, 2.24) is 15.6 Å². The number of aromatic nitrogens is 1.